The number of carbonyl (C=O) groups excluding carboxylic acids is 2. The Bertz CT molecular complexity index is 1280. The van der Waals surface area contributed by atoms with E-state index in [9.17, 15) is 22.4 Å². The first kappa shape index (κ1) is 26.9. The maximum atomic E-state index is 13.7. The van der Waals surface area contributed by atoms with E-state index < -0.39 is 34.3 Å². The standard InChI is InChI=1S/C27H30FN3O4S/c1-4-25(27(33)29-3)30(18-21-12-10-20(2)11-13-21)26(32)19-31(23-16-14-22(28)15-17-23)36(34,35)24-8-6-5-7-9-24/h5-17,25H,4,18-19H2,1-3H3,(H,29,33). The molecule has 36 heavy (non-hydrogen) atoms. The number of amides is 2. The van der Waals surface area contributed by atoms with Crippen molar-refractivity contribution in [1.29, 1.82) is 0 Å². The smallest absolute Gasteiger partial charge is 0.264 e. The van der Waals surface area contributed by atoms with Crippen LogP contribution in [0.25, 0.3) is 0 Å². The summed E-state index contributed by atoms with van der Waals surface area (Å²) in [5, 5.41) is 2.59. The van der Waals surface area contributed by atoms with Gasteiger partial charge in [-0.05, 0) is 55.3 Å². The molecule has 0 saturated heterocycles. The van der Waals surface area contributed by atoms with Crippen LogP contribution in [0.4, 0.5) is 10.1 Å². The highest BCUT2D eigenvalue weighted by Gasteiger charge is 2.33. The summed E-state index contributed by atoms with van der Waals surface area (Å²) in [6.07, 6.45) is 0.333. The van der Waals surface area contributed by atoms with E-state index in [2.05, 4.69) is 5.32 Å². The first-order valence-electron chi connectivity index (χ1n) is 11.6. The number of benzene rings is 3. The summed E-state index contributed by atoms with van der Waals surface area (Å²) < 4.78 is 41.7. The van der Waals surface area contributed by atoms with E-state index in [1.54, 1.807) is 25.1 Å². The third kappa shape index (κ3) is 6.28. The van der Waals surface area contributed by atoms with Gasteiger partial charge in [-0.2, -0.15) is 0 Å². The number of hydrogen-bond acceptors (Lipinski definition) is 4. The molecule has 0 aliphatic carbocycles. The number of aryl methyl sites for hydroxylation is 1. The molecule has 0 radical (unpaired) electrons. The first-order chi connectivity index (χ1) is 17.2. The molecule has 0 heterocycles. The lowest BCUT2D eigenvalue weighted by atomic mass is 10.1. The maximum Gasteiger partial charge on any atom is 0.264 e. The average Bonchev–Trinajstić information content (AvgIpc) is 2.89. The van der Waals surface area contributed by atoms with E-state index in [1.807, 2.05) is 31.2 Å². The van der Waals surface area contributed by atoms with Gasteiger partial charge in [0, 0.05) is 13.6 Å². The van der Waals surface area contributed by atoms with Crippen molar-refractivity contribution in [3.63, 3.8) is 0 Å². The van der Waals surface area contributed by atoms with Gasteiger partial charge in [0.2, 0.25) is 11.8 Å². The van der Waals surface area contributed by atoms with Crippen LogP contribution in [0.5, 0.6) is 0 Å². The van der Waals surface area contributed by atoms with Crippen molar-refractivity contribution >= 4 is 27.5 Å². The molecular formula is C27H30FN3O4S. The molecule has 0 aliphatic rings. The molecule has 1 unspecified atom stereocenters. The Balaban J connectivity index is 2.03. The highest BCUT2D eigenvalue weighted by molar-refractivity contribution is 7.92. The van der Waals surface area contributed by atoms with E-state index in [1.165, 1.54) is 36.2 Å². The fourth-order valence-corrected chi connectivity index (χ4v) is 5.27. The Morgan fingerprint density at radius 1 is 0.944 bits per heavy atom. The number of carbonyl (C=O) groups is 2. The number of hydrogen-bond donors (Lipinski definition) is 1. The Morgan fingerprint density at radius 2 is 1.56 bits per heavy atom. The Hall–Kier alpha value is -3.72. The molecule has 1 atom stereocenters. The number of halogens is 1. The normalized spacial score (nSPS) is 12.0. The number of nitrogens with one attached hydrogen (secondary N) is 1. The van der Waals surface area contributed by atoms with Crippen LogP contribution in [-0.2, 0) is 26.2 Å². The van der Waals surface area contributed by atoms with Gasteiger partial charge in [-0.1, -0.05) is 55.0 Å². The van der Waals surface area contributed by atoms with Crippen molar-refractivity contribution in [3.8, 4) is 0 Å². The second-order valence-electron chi connectivity index (χ2n) is 8.35. The summed E-state index contributed by atoms with van der Waals surface area (Å²) >= 11 is 0. The summed E-state index contributed by atoms with van der Waals surface area (Å²) in [7, 11) is -2.68. The fourth-order valence-electron chi connectivity index (χ4n) is 3.83. The first-order valence-corrected chi connectivity index (χ1v) is 13.0. The van der Waals surface area contributed by atoms with E-state index in [0.29, 0.717) is 6.42 Å². The van der Waals surface area contributed by atoms with E-state index in [0.717, 1.165) is 27.6 Å². The van der Waals surface area contributed by atoms with Crippen molar-refractivity contribution in [3.05, 3.63) is 95.8 Å². The van der Waals surface area contributed by atoms with Gasteiger partial charge in [0.15, 0.2) is 0 Å². The predicted octanol–water partition coefficient (Wildman–Crippen LogP) is 3.88. The second-order valence-corrected chi connectivity index (χ2v) is 10.2. The molecule has 3 rings (SSSR count). The lowest BCUT2D eigenvalue weighted by Gasteiger charge is -2.33. The number of rotatable bonds is 10. The lowest BCUT2D eigenvalue weighted by Crippen LogP contribution is -2.51. The van der Waals surface area contributed by atoms with Crippen LogP contribution in [-0.4, -0.2) is 44.8 Å². The summed E-state index contributed by atoms with van der Waals surface area (Å²) in [4.78, 5) is 27.8. The number of likely N-dealkylation sites (N-methyl/N-ethyl adjacent to an activating group) is 1. The van der Waals surface area contributed by atoms with Crippen molar-refractivity contribution in [2.24, 2.45) is 0 Å². The third-order valence-corrected chi connectivity index (χ3v) is 7.62. The molecule has 2 amide bonds. The van der Waals surface area contributed by atoms with Crippen molar-refractivity contribution in [2.45, 2.75) is 37.8 Å². The van der Waals surface area contributed by atoms with E-state index >= 15 is 0 Å². The van der Waals surface area contributed by atoms with Gasteiger partial charge in [-0.3, -0.25) is 13.9 Å². The zero-order chi connectivity index (χ0) is 26.3. The van der Waals surface area contributed by atoms with Crippen LogP contribution in [0.15, 0.2) is 83.8 Å². The molecule has 0 aliphatic heterocycles. The minimum atomic E-state index is -4.17. The third-order valence-electron chi connectivity index (χ3n) is 5.83. The molecule has 3 aromatic rings. The lowest BCUT2D eigenvalue weighted by molar-refractivity contribution is -0.140. The van der Waals surface area contributed by atoms with Crippen LogP contribution in [0, 0.1) is 12.7 Å². The van der Waals surface area contributed by atoms with Crippen LogP contribution >= 0.6 is 0 Å². The summed E-state index contributed by atoms with van der Waals surface area (Å²) in [6.45, 7) is 3.28. The van der Waals surface area contributed by atoms with Crippen LogP contribution in [0.1, 0.15) is 24.5 Å². The molecule has 0 saturated carbocycles. The van der Waals surface area contributed by atoms with Crippen molar-refractivity contribution in [1.82, 2.24) is 10.2 Å². The Labute approximate surface area is 211 Å². The van der Waals surface area contributed by atoms with Gasteiger partial charge in [0.1, 0.15) is 18.4 Å². The Morgan fingerprint density at radius 3 is 2.11 bits per heavy atom. The number of anilines is 1. The summed E-state index contributed by atoms with van der Waals surface area (Å²) in [5.74, 6) is -1.44. The zero-order valence-electron chi connectivity index (χ0n) is 20.5. The van der Waals surface area contributed by atoms with Gasteiger partial charge in [-0.25, -0.2) is 12.8 Å². The highest BCUT2D eigenvalue weighted by Crippen LogP contribution is 2.25. The number of nitrogens with zero attached hydrogens (tertiary/aromatic N) is 2. The van der Waals surface area contributed by atoms with Gasteiger partial charge in [0.05, 0.1) is 10.6 Å². The largest absolute Gasteiger partial charge is 0.357 e. The quantitative estimate of drug-likeness (QED) is 0.448. The van der Waals surface area contributed by atoms with Crippen LogP contribution in [0.3, 0.4) is 0 Å². The SMILES string of the molecule is CCC(C(=O)NC)N(Cc1ccc(C)cc1)C(=O)CN(c1ccc(F)cc1)S(=O)(=O)c1ccccc1. The van der Waals surface area contributed by atoms with Crippen LogP contribution in [0.2, 0.25) is 0 Å². The second kappa shape index (κ2) is 11.8. The minimum Gasteiger partial charge on any atom is -0.357 e. The molecular weight excluding hydrogens is 481 g/mol. The highest BCUT2D eigenvalue weighted by atomic mass is 32.2. The fraction of sp³-hybridized carbons (Fsp3) is 0.259. The summed E-state index contributed by atoms with van der Waals surface area (Å²) in [5.41, 5.74) is 1.99. The average molecular weight is 512 g/mol. The minimum absolute atomic E-state index is 0.00875. The molecule has 190 valence electrons. The molecule has 9 heteroatoms. The molecule has 7 nitrogen and oxygen atoms in total. The molecule has 0 aromatic heterocycles. The number of sulfonamides is 1. The van der Waals surface area contributed by atoms with Gasteiger partial charge < -0.3 is 10.2 Å². The van der Waals surface area contributed by atoms with Gasteiger partial charge in [0.25, 0.3) is 10.0 Å². The van der Waals surface area contributed by atoms with E-state index in [-0.39, 0.29) is 23.0 Å². The molecule has 3 aromatic carbocycles. The predicted molar refractivity (Wildman–Crippen MR) is 137 cm³/mol. The van der Waals surface area contributed by atoms with E-state index in [4.69, 9.17) is 0 Å². The van der Waals surface area contributed by atoms with Crippen LogP contribution < -0.4 is 9.62 Å². The topological polar surface area (TPSA) is 86.8 Å². The van der Waals surface area contributed by atoms with Gasteiger partial charge in [-0.15, -0.1) is 0 Å². The van der Waals surface area contributed by atoms with Crippen molar-refractivity contribution < 1.29 is 22.4 Å². The molecule has 1 N–H and O–H groups in total. The monoisotopic (exact) mass is 511 g/mol. The Kier molecular flexibility index (Phi) is 8.82. The summed E-state index contributed by atoms with van der Waals surface area (Å²) in [6, 6.07) is 19.3. The van der Waals surface area contributed by atoms with Crippen molar-refractivity contribution in [2.75, 3.05) is 17.9 Å². The zero-order valence-corrected chi connectivity index (χ0v) is 21.3. The maximum absolute atomic E-state index is 13.7. The molecule has 0 spiro atoms. The molecule has 0 fully saturated rings. The molecule has 0 bridgehead atoms. The van der Waals surface area contributed by atoms with Gasteiger partial charge >= 0.3 is 0 Å².